The lowest BCUT2D eigenvalue weighted by atomic mass is 10.0. The minimum atomic E-state index is 0.162. The number of piperidine rings is 1. The number of halogens is 1. The zero-order valence-corrected chi connectivity index (χ0v) is 12.5. The molecule has 1 aromatic carbocycles. The molecule has 0 spiro atoms. The molecule has 0 saturated carbocycles. The average molecular weight is 283 g/mol. The molecule has 19 heavy (non-hydrogen) atoms. The minimum absolute atomic E-state index is 0.162. The highest BCUT2D eigenvalue weighted by atomic mass is 35.5. The van der Waals surface area contributed by atoms with Crippen molar-refractivity contribution in [3.63, 3.8) is 0 Å². The van der Waals surface area contributed by atoms with Crippen LogP contribution < -0.4 is 10.6 Å². The smallest absolute Gasteiger partial charge is 0.0746 e. The molecule has 0 radical (unpaired) electrons. The van der Waals surface area contributed by atoms with Crippen molar-refractivity contribution >= 4 is 17.3 Å². The van der Waals surface area contributed by atoms with Crippen molar-refractivity contribution < 1.29 is 4.74 Å². The van der Waals surface area contributed by atoms with Gasteiger partial charge < -0.3 is 15.4 Å². The van der Waals surface area contributed by atoms with Crippen LogP contribution in [0.1, 0.15) is 25.3 Å². The van der Waals surface area contributed by atoms with E-state index in [-0.39, 0.29) is 6.04 Å². The molecule has 2 unspecified atom stereocenters. The topological polar surface area (TPSA) is 38.5 Å². The maximum absolute atomic E-state index is 6.41. The summed E-state index contributed by atoms with van der Waals surface area (Å²) in [6.07, 6.45) is 3.46. The summed E-state index contributed by atoms with van der Waals surface area (Å²) in [7, 11) is 1.78. The summed E-state index contributed by atoms with van der Waals surface area (Å²) in [6, 6.07) is 6.44. The van der Waals surface area contributed by atoms with Gasteiger partial charge in [-0.15, -0.1) is 0 Å². The lowest BCUT2D eigenvalue weighted by Crippen LogP contribution is -2.39. The Morgan fingerprint density at radius 1 is 1.53 bits per heavy atom. The van der Waals surface area contributed by atoms with Gasteiger partial charge in [-0.1, -0.05) is 17.7 Å². The largest absolute Gasteiger partial charge is 0.380 e. The summed E-state index contributed by atoms with van der Waals surface area (Å²) >= 11 is 6.41. The van der Waals surface area contributed by atoms with Crippen LogP contribution in [0.5, 0.6) is 0 Å². The van der Waals surface area contributed by atoms with Crippen molar-refractivity contribution in [2.45, 2.75) is 38.3 Å². The third kappa shape index (κ3) is 3.85. The maximum Gasteiger partial charge on any atom is 0.0746 e. The Labute approximate surface area is 120 Å². The van der Waals surface area contributed by atoms with Crippen LogP contribution in [0.4, 0.5) is 5.69 Å². The van der Waals surface area contributed by atoms with Gasteiger partial charge in [-0.2, -0.15) is 0 Å². The van der Waals surface area contributed by atoms with Crippen LogP contribution in [-0.4, -0.2) is 32.3 Å². The van der Waals surface area contributed by atoms with Crippen molar-refractivity contribution in [3.05, 3.63) is 28.8 Å². The lowest BCUT2D eigenvalue weighted by molar-refractivity contribution is 0.0893. The number of nitrogens with zero attached hydrogens (tertiary/aromatic N) is 1. The zero-order valence-electron chi connectivity index (χ0n) is 11.7. The van der Waals surface area contributed by atoms with E-state index in [0.29, 0.717) is 6.10 Å². The number of anilines is 1. The fraction of sp³-hybridized carbons (Fsp3) is 0.600. The molecule has 2 rings (SSSR count). The van der Waals surface area contributed by atoms with Gasteiger partial charge in [-0.3, -0.25) is 0 Å². The molecule has 1 heterocycles. The second kappa shape index (κ2) is 6.60. The molecule has 0 bridgehead atoms. The van der Waals surface area contributed by atoms with E-state index in [0.717, 1.165) is 43.1 Å². The molecule has 1 fully saturated rings. The summed E-state index contributed by atoms with van der Waals surface area (Å²) in [5.41, 5.74) is 8.13. The number of methoxy groups -OCH3 is 1. The van der Waals surface area contributed by atoms with E-state index in [4.69, 9.17) is 22.1 Å². The first kappa shape index (κ1) is 14.6. The SMILES string of the molecule is COC1CCCN(c2ccc(CC(C)N)cc2Cl)C1. The number of rotatable bonds is 4. The Morgan fingerprint density at radius 3 is 2.95 bits per heavy atom. The van der Waals surface area contributed by atoms with Crippen molar-refractivity contribution in [2.75, 3.05) is 25.1 Å². The molecule has 1 aliphatic rings. The Balaban J connectivity index is 2.11. The second-order valence-corrected chi connectivity index (χ2v) is 5.82. The normalized spacial score (nSPS) is 21.5. The van der Waals surface area contributed by atoms with E-state index in [1.54, 1.807) is 7.11 Å². The summed E-state index contributed by atoms with van der Waals surface area (Å²) in [4.78, 5) is 2.32. The van der Waals surface area contributed by atoms with Crippen LogP contribution in [0.2, 0.25) is 5.02 Å². The van der Waals surface area contributed by atoms with E-state index in [1.807, 2.05) is 13.0 Å². The number of hydrogen-bond donors (Lipinski definition) is 1. The number of benzene rings is 1. The first-order chi connectivity index (χ1) is 9.10. The Bertz CT molecular complexity index is 423. The summed E-state index contributed by atoms with van der Waals surface area (Å²) in [6.45, 7) is 3.98. The fourth-order valence-electron chi connectivity index (χ4n) is 2.66. The van der Waals surface area contributed by atoms with Crippen LogP contribution >= 0.6 is 11.6 Å². The van der Waals surface area contributed by atoms with Gasteiger partial charge in [-0.05, 0) is 43.9 Å². The zero-order chi connectivity index (χ0) is 13.8. The van der Waals surface area contributed by atoms with Crippen molar-refractivity contribution in [1.82, 2.24) is 0 Å². The predicted molar refractivity (Wildman–Crippen MR) is 81.0 cm³/mol. The second-order valence-electron chi connectivity index (χ2n) is 5.41. The number of hydrogen-bond acceptors (Lipinski definition) is 3. The third-order valence-electron chi connectivity index (χ3n) is 3.62. The Kier molecular flexibility index (Phi) is 5.08. The standard InChI is InChI=1S/C15H23ClN2O/c1-11(17)8-12-5-6-15(14(16)9-12)18-7-3-4-13(10-18)19-2/h5-6,9,11,13H,3-4,7-8,10,17H2,1-2H3. The number of nitrogens with two attached hydrogens (primary N) is 1. The summed E-state index contributed by atoms with van der Waals surface area (Å²) < 4.78 is 5.46. The Morgan fingerprint density at radius 2 is 2.32 bits per heavy atom. The van der Waals surface area contributed by atoms with E-state index in [2.05, 4.69) is 17.0 Å². The van der Waals surface area contributed by atoms with Gasteiger partial charge in [0.15, 0.2) is 0 Å². The van der Waals surface area contributed by atoms with Crippen LogP contribution in [0.15, 0.2) is 18.2 Å². The number of ether oxygens (including phenoxy) is 1. The van der Waals surface area contributed by atoms with E-state index >= 15 is 0 Å². The summed E-state index contributed by atoms with van der Waals surface area (Å²) in [5, 5.41) is 0.815. The fourth-order valence-corrected chi connectivity index (χ4v) is 2.98. The molecule has 1 aromatic rings. The molecule has 106 valence electrons. The van der Waals surface area contributed by atoms with Gasteiger partial charge in [0.2, 0.25) is 0 Å². The predicted octanol–water partition coefficient (Wildman–Crippen LogP) is 2.84. The Hall–Kier alpha value is -0.770. The highest BCUT2D eigenvalue weighted by molar-refractivity contribution is 6.33. The molecule has 1 aliphatic heterocycles. The molecule has 0 amide bonds. The molecule has 4 heteroatoms. The quantitative estimate of drug-likeness (QED) is 0.923. The average Bonchev–Trinajstić information content (AvgIpc) is 2.38. The molecule has 3 nitrogen and oxygen atoms in total. The van der Waals surface area contributed by atoms with E-state index < -0.39 is 0 Å². The van der Waals surface area contributed by atoms with Gasteiger partial charge in [-0.25, -0.2) is 0 Å². The highest BCUT2D eigenvalue weighted by Gasteiger charge is 2.21. The first-order valence-electron chi connectivity index (χ1n) is 6.92. The van der Waals surface area contributed by atoms with Crippen molar-refractivity contribution in [3.8, 4) is 0 Å². The van der Waals surface area contributed by atoms with Crippen LogP contribution in [-0.2, 0) is 11.2 Å². The molecule has 2 N–H and O–H groups in total. The molecule has 0 aromatic heterocycles. The van der Waals surface area contributed by atoms with E-state index in [9.17, 15) is 0 Å². The van der Waals surface area contributed by atoms with Crippen molar-refractivity contribution in [2.24, 2.45) is 5.73 Å². The third-order valence-corrected chi connectivity index (χ3v) is 3.92. The molecular formula is C15H23ClN2O. The van der Waals surface area contributed by atoms with E-state index in [1.165, 1.54) is 5.56 Å². The van der Waals surface area contributed by atoms with Crippen LogP contribution in [0.25, 0.3) is 0 Å². The van der Waals surface area contributed by atoms with Gasteiger partial charge in [0.05, 0.1) is 16.8 Å². The molecule has 1 saturated heterocycles. The summed E-state index contributed by atoms with van der Waals surface area (Å²) in [5.74, 6) is 0. The van der Waals surface area contributed by atoms with Gasteiger partial charge in [0, 0.05) is 26.2 Å². The lowest BCUT2D eigenvalue weighted by Gasteiger charge is -2.34. The van der Waals surface area contributed by atoms with Gasteiger partial charge >= 0.3 is 0 Å². The minimum Gasteiger partial charge on any atom is -0.380 e. The van der Waals surface area contributed by atoms with Gasteiger partial charge in [0.25, 0.3) is 0 Å². The van der Waals surface area contributed by atoms with Crippen LogP contribution in [0.3, 0.4) is 0 Å². The highest BCUT2D eigenvalue weighted by Crippen LogP contribution is 2.30. The maximum atomic E-state index is 6.41. The molecule has 0 aliphatic carbocycles. The van der Waals surface area contributed by atoms with Crippen LogP contribution in [0, 0.1) is 0 Å². The monoisotopic (exact) mass is 282 g/mol. The molecule has 2 atom stereocenters. The molecular weight excluding hydrogens is 260 g/mol. The van der Waals surface area contributed by atoms with Gasteiger partial charge in [0.1, 0.15) is 0 Å². The van der Waals surface area contributed by atoms with Crippen molar-refractivity contribution in [1.29, 1.82) is 0 Å². The first-order valence-corrected chi connectivity index (χ1v) is 7.29.